The second-order valence-electron chi connectivity index (χ2n) is 6.41. The largest absolute Gasteiger partial charge is 0.493 e. The van der Waals surface area contributed by atoms with Gasteiger partial charge in [-0.25, -0.2) is 0 Å². The van der Waals surface area contributed by atoms with Crippen molar-refractivity contribution in [3.63, 3.8) is 0 Å². The van der Waals surface area contributed by atoms with Crippen molar-refractivity contribution in [2.24, 2.45) is 5.92 Å². The molecule has 1 heterocycles. The second kappa shape index (κ2) is 8.39. The number of hydrogen-bond acceptors (Lipinski definition) is 7. The topological polar surface area (TPSA) is 106 Å². The summed E-state index contributed by atoms with van der Waals surface area (Å²) in [7, 11) is 1.44. The van der Waals surface area contributed by atoms with Crippen LogP contribution in [-0.2, 0) is 4.79 Å². The molecular weight excluding hydrogens is 362 g/mol. The molecular formula is C20H19N3O5. The summed E-state index contributed by atoms with van der Waals surface area (Å²) in [5.74, 6) is -0.0815. The standard InChI is InChI=1S/C20H19N3O5/c1-27-19-12-14(13-21)6-7-18(19)28-20(24)15-8-10-22(11-9-15)16-4-2-3-5-17(16)23(25)26/h2-7,12,15H,8-11H2,1H3. The molecule has 1 aliphatic rings. The number of esters is 1. The van der Waals surface area contributed by atoms with Gasteiger partial charge in [0.25, 0.3) is 5.69 Å². The van der Waals surface area contributed by atoms with Gasteiger partial charge in [-0.2, -0.15) is 5.26 Å². The van der Waals surface area contributed by atoms with Crippen molar-refractivity contribution >= 4 is 17.3 Å². The van der Waals surface area contributed by atoms with Gasteiger partial charge in [0, 0.05) is 25.2 Å². The number of rotatable bonds is 5. The van der Waals surface area contributed by atoms with Crippen LogP contribution in [0.1, 0.15) is 18.4 Å². The van der Waals surface area contributed by atoms with Crippen molar-refractivity contribution in [3.05, 3.63) is 58.1 Å². The molecule has 1 fully saturated rings. The van der Waals surface area contributed by atoms with Crippen LogP contribution in [0, 0.1) is 27.4 Å². The minimum atomic E-state index is -0.396. The number of para-hydroxylation sites is 2. The quantitative estimate of drug-likeness (QED) is 0.338. The summed E-state index contributed by atoms with van der Waals surface area (Å²) in [5.41, 5.74) is 1.04. The summed E-state index contributed by atoms with van der Waals surface area (Å²) in [6, 6.07) is 13.2. The number of nitriles is 1. The molecule has 3 rings (SSSR count). The van der Waals surface area contributed by atoms with Crippen molar-refractivity contribution in [1.29, 1.82) is 5.26 Å². The van der Waals surface area contributed by atoms with Gasteiger partial charge in [-0.3, -0.25) is 14.9 Å². The van der Waals surface area contributed by atoms with Crippen molar-refractivity contribution in [2.45, 2.75) is 12.8 Å². The summed E-state index contributed by atoms with van der Waals surface area (Å²) in [5, 5.41) is 20.2. The van der Waals surface area contributed by atoms with Gasteiger partial charge in [0.1, 0.15) is 5.69 Å². The van der Waals surface area contributed by atoms with Crippen LogP contribution in [0.25, 0.3) is 0 Å². The molecule has 0 amide bonds. The number of nitrogens with zero attached hydrogens (tertiary/aromatic N) is 3. The Morgan fingerprint density at radius 1 is 1.21 bits per heavy atom. The summed E-state index contributed by atoms with van der Waals surface area (Å²) in [6.45, 7) is 1.05. The number of benzene rings is 2. The van der Waals surface area contributed by atoms with Gasteiger partial charge in [0.05, 0.1) is 29.6 Å². The van der Waals surface area contributed by atoms with E-state index in [2.05, 4.69) is 0 Å². The molecule has 0 bridgehead atoms. The fourth-order valence-corrected chi connectivity index (χ4v) is 3.26. The summed E-state index contributed by atoms with van der Waals surface area (Å²) < 4.78 is 10.7. The number of carbonyl (C=O) groups is 1. The van der Waals surface area contributed by atoms with Crippen molar-refractivity contribution < 1.29 is 19.2 Å². The minimum Gasteiger partial charge on any atom is -0.493 e. The van der Waals surface area contributed by atoms with Crippen LogP contribution in [0.15, 0.2) is 42.5 Å². The Hall–Kier alpha value is -3.60. The number of anilines is 1. The monoisotopic (exact) mass is 381 g/mol. The van der Waals surface area contributed by atoms with E-state index in [1.165, 1.54) is 25.3 Å². The van der Waals surface area contributed by atoms with E-state index in [0.29, 0.717) is 42.9 Å². The second-order valence-corrected chi connectivity index (χ2v) is 6.41. The average Bonchev–Trinajstić information content (AvgIpc) is 2.74. The molecule has 0 saturated carbocycles. The van der Waals surface area contributed by atoms with Crippen LogP contribution < -0.4 is 14.4 Å². The predicted molar refractivity (Wildman–Crippen MR) is 101 cm³/mol. The number of nitro groups is 1. The molecule has 0 aromatic heterocycles. The molecule has 0 aliphatic carbocycles. The molecule has 0 N–H and O–H groups in total. The molecule has 8 heteroatoms. The Kier molecular flexibility index (Phi) is 5.75. The summed E-state index contributed by atoms with van der Waals surface area (Å²) in [4.78, 5) is 25.3. The minimum absolute atomic E-state index is 0.0610. The van der Waals surface area contributed by atoms with Gasteiger partial charge in [-0.15, -0.1) is 0 Å². The van der Waals surface area contributed by atoms with Gasteiger partial charge in [-0.05, 0) is 31.0 Å². The van der Waals surface area contributed by atoms with Crippen LogP contribution in [0.3, 0.4) is 0 Å². The number of methoxy groups -OCH3 is 1. The van der Waals surface area contributed by atoms with Crippen molar-refractivity contribution in [2.75, 3.05) is 25.1 Å². The predicted octanol–water partition coefficient (Wildman–Crippen LogP) is 3.30. The third kappa shape index (κ3) is 4.04. The van der Waals surface area contributed by atoms with Crippen LogP contribution >= 0.6 is 0 Å². The van der Waals surface area contributed by atoms with E-state index < -0.39 is 4.92 Å². The lowest BCUT2D eigenvalue weighted by molar-refractivity contribution is -0.384. The third-order valence-electron chi connectivity index (χ3n) is 4.75. The Morgan fingerprint density at radius 2 is 1.93 bits per heavy atom. The van der Waals surface area contributed by atoms with Crippen molar-refractivity contribution in [3.8, 4) is 17.6 Å². The van der Waals surface area contributed by atoms with Crippen LogP contribution in [0.2, 0.25) is 0 Å². The van der Waals surface area contributed by atoms with Gasteiger partial charge < -0.3 is 14.4 Å². The van der Waals surface area contributed by atoms with E-state index in [9.17, 15) is 14.9 Å². The zero-order chi connectivity index (χ0) is 20.1. The molecule has 28 heavy (non-hydrogen) atoms. The molecule has 2 aromatic rings. The maximum atomic E-state index is 12.5. The molecule has 8 nitrogen and oxygen atoms in total. The van der Waals surface area contributed by atoms with E-state index in [-0.39, 0.29) is 23.3 Å². The highest BCUT2D eigenvalue weighted by atomic mass is 16.6. The van der Waals surface area contributed by atoms with Gasteiger partial charge >= 0.3 is 5.97 Å². The van der Waals surface area contributed by atoms with E-state index in [0.717, 1.165) is 0 Å². The fourth-order valence-electron chi connectivity index (χ4n) is 3.26. The molecule has 0 unspecified atom stereocenters. The highest BCUT2D eigenvalue weighted by Gasteiger charge is 2.29. The molecule has 1 aliphatic heterocycles. The summed E-state index contributed by atoms with van der Waals surface area (Å²) in [6.07, 6.45) is 1.06. The zero-order valence-corrected chi connectivity index (χ0v) is 15.3. The maximum absolute atomic E-state index is 12.5. The fraction of sp³-hybridized carbons (Fsp3) is 0.300. The molecule has 2 aromatic carbocycles. The number of hydrogen-bond donors (Lipinski definition) is 0. The Bertz CT molecular complexity index is 930. The van der Waals surface area contributed by atoms with E-state index >= 15 is 0 Å². The Labute approximate surface area is 162 Å². The molecule has 0 spiro atoms. The molecule has 144 valence electrons. The molecule has 0 atom stereocenters. The molecule has 0 radical (unpaired) electrons. The summed E-state index contributed by atoms with van der Waals surface area (Å²) >= 11 is 0. The number of nitro benzene ring substituents is 1. The zero-order valence-electron chi connectivity index (χ0n) is 15.3. The number of ether oxygens (including phenoxy) is 2. The van der Waals surface area contributed by atoms with Gasteiger partial charge in [0.15, 0.2) is 11.5 Å². The van der Waals surface area contributed by atoms with E-state index in [1.54, 1.807) is 24.3 Å². The smallest absolute Gasteiger partial charge is 0.314 e. The number of carbonyl (C=O) groups excluding carboxylic acids is 1. The normalized spacial score (nSPS) is 14.2. The lowest BCUT2D eigenvalue weighted by Crippen LogP contribution is -2.38. The number of piperidine rings is 1. The van der Waals surface area contributed by atoms with Crippen molar-refractivity contribution in [1.82, 2.24) is 0 Å². The molecule has 1 saturated heterocycles. The van der Waals surface area contributed by atoms with Gasteiger partial charge in [-0.1, -0.05) is 12.1 Å². The lowest BCUT2D eigenvalue weighted by atomic mass is 9.96. The highest BCUT2D eigenvalue weighted by molar-refractivity contribution is 5.76. The SMILES string of the molecule is COc1cc(C#N)ccc1OC(=O)C1CCN(c2ccccc2[N+](=O)[O-])CC1. The maximum Gasteiger partial charge on any atom is 0.314 e. The van der Waals surface area contributed by atoms with Crippen LogP contribution in [-0.4, -0.2) is 31.1 Å². The van der Waals surface area contributed by atoms with Crippen LogP contribution in [0.5, 0.6) is 11.5 Å². The Morgan fingerprint density at radius 3 is 2.57 bits per heavy atom. The van der Waals surface area contributed by atoms with Gasteiger partial charge in [0.2, 0.25) is 0 Å². The Balaban J connectivity index is 1.65. The third-order valence-corrected chi connectivity index (χ3v) is 4.75. The lowest BCUT2D eigenvalue weighted by Gasteiger charge is -2.32. The van der Waals surface area contributed by atoms with Crippen LogP contribution in [0.4, 0.5) is 11.4 Å². The first-order chi connectivity index (χ1) is 13.5. The average molecular weight is 381 g/mol. The highest BCUT2D eigenvalue weighted by Crippen LogP contribution is 2.33. The van der Waals surface area contributed by atoms with E-state index in [1.807, 2.05) is 11.0 Å². The first-order valence-corrected chi connectivity index (χ1v) is 8.81. The first kappa shape index (κ1) is 19.2. The van der Waals surface area contributed by atoms with E-state index in [4.69, 9.17) is 14.7 Å². The first-order valence-electron chi connectivity index (χ1n) is 8.81.